The molecule has 0 radical (unpaired) electrons. The lowest BCUT2D eigenvalue weighted by molar-refractivity contribution is 0.324. The molecule has 0 unspecified atom stereocenters. The summed E-state index contributed by atoms with van der Waals surface area (Å²) in [5.41, 5.74) is 1.61. The third-order valence-corrected chi connectivity index (χ3v) is 4.48. The first kappa shape index (κ1) is 16.8. The molecule has 22 heavy (non-hydrogen) atoms. The highest BCUT2D eigenvalue weighted by Gasteiger charge is 2.10. The number of benzene rings is 1. The molecule has 5 heteroatoms. The molecule has 2 rings (SSSR count). The number of para-hydroxylation sites is 1. The van der Waals surface area contributed by atoms with Crippen molar-refractivity contribution in [1.82, 2.24) is 14.5 Å². The number of thioether (sulfide) groups is 1. The van der Waals surface area contributed by atoms with E-state index in [1.54, 1.807) is 22.4 Å². The minimum absolute atomic E-state index is 0.0240. The standard InChI is InChI=1S/C17H23N3OS/c1-4-19(5-2)11-12-22-17-18-14(3)13-16(21)20(17)15-9-7-6-8-10-15/h6-10,13H,4-5,11-12H2,1-3H3. The second-order valence-electron chi connectivity index (χ2n) is 5.06. The van der Waals surface area contributed by atoms with Gasteiger partial charge in [-0.1, -0.05) is 43.8 Å². The van der Waals surface area contributed by atoms with Crippen molar-refractivity contribution in [1.29, 1.82) is 0 Å². The maximum absolute atomic E-state index is 12.4. The predicted octanol–water partition coefficient (Wildman–Crippen LogP) is 2.97. The summed E-state index contributed by atoms with van der Waals surface area (Å²) in [6.07, 6.45) is 0. The van der Waals surface area contributed by atoms with Crippen molar-refractivity contribution in [2.45, 2.75) is 25.9 Å². The Hall–Kier alpha value is -1.59. The molecule has 0 aliphatic heterocycles. The average molecular weight is 317 g/mol. The Kier molecular flexibility index (Phi) is 6.21. The Bertz CT molecular complexity index is 651. The van der Waals surface area contributed by atoms with Crippen LogP contribution in [0, 0.1) is 6.92 Å². The largest absolute Gasteiger partial charge is 0.303 e. The highest BCUT2D eigenvalue weighted by atomic mass is 32.2. The molecule has 0 saturated carbocycles. The summed E-state index contributed by atoms with van der Waals surface area (Å²) in [5.74, 6) is 0.921. The lowest BCUT2D eigenvalue weighted by atomic mass is 10.3. The van der Waals surface area contributed by atoms with E-state index < -0.39 is 0 Å². The van der Waals surface area contributed by atoms with E-state index >= 15 is 0 Å². The molecule has 4 nitrogen and oxygen atoms in total. The summed E-state index contributed by atoms with van der Waals surface area (Å²) in [7, 11) is 0. The zero-order chi connectivity index (χ0) is 15.9. The summed E-state index contributed by atoms with van der Waals surface area (Å²) >= 11 is 1.64. The molecule has 1 heterocycles. The third-order valence-electron chi connectivity index (χ3n) is 3.56. The first-order chi connectivity index (χ1) is 10.7. The second-order valence-corrected chi connectivity index (χ2v) is 6.13. The Labute approximate surface area is 136 Å². The van der Waals surface area contributed by atoms with Crippen molar-refractivity contribution < 1.29 is 0 Å². The van der Waals surface area contributed by atoms with Crippen molar-refractivity contribution >= 4 is 11.8 Å². The second kappa shape index (κ2) is 8.15. The molecule has 0 saturated heterocycles. The normalized spacial score (nSPS) is 11.1. The molecule has 0 aliphatic rings. The van der Waals surface area contributed by atoms with Gasteiger partial charge in [0.15, 0.2) is 5.16 Å². The molecule has 118 valence electrons. The van der Waals surface area contributed by atoms with Gasteiger partial charge in [0.2, 0.25) is 0 Å². The van der Waals surface area contributed by atoms with Gasteiger partial charge in [0.1, 0.15) is 0 Å². The van der Waals surface area contributed by atoms with E-state index in [4.69, 9.17) is 0 Å². The van der Waals surface area contributed by atoms with Gasteiger partial charge in [-0.3, -0.25) is 9.36 Å². The van der Waals surface area contributed by atoms with Crippen LogP contribution in [0.2, 0.25) is 0 Å². The van der Waals surface area contributed by atoms with Gasteiger partial charge in [-0.25, -0.2) is 4.98 Å². The Morgan fingerprint density at radius 3 is 2.50 bits per heavy atom. The van der Waals surface area contributed by atoms with Gasteiger partial charge in [-0.15, -0.1) is 0 Å². The Balaban J connectivity index is 2.25. The highest BCUT2D eigenvalue weighted by Crippen LogP contribution is 2.18. The van der Waals surface area contributed by atoms with Gasteiger partial charge in [0.05, 0.1) is 5.69 Å². The maximum Gasteiger partial charge on any atom is 0.258 e. The van der Waals surface area contributed by atoms with Crippen LogP contribution in [0.25, 0.3) is 5.69 Å². The number of rotatable bonds is 7. The number of hydrogen-bond donors (Lipinski definition) is 0. The van der Waals surface area contributed by atoms with Crippen molar-refractivity contribution in [2.24, 2.45) is 0 Å². The minimum Gasteiger partial charge on any atom is -0.303 e. The van der Waals surface area contributed by atoms with E-state index in [-0.39, 0.29) is 5.56 Å². The van der Waals surface area contributed by atoms with Gasteiger partial charge in [0.25, 0.3) is 5.56 Å². The van der Waals surface area contributed by atoms with Gasteiger partial charge in [0, 0.05) is 24.1 Å². The summed E-state index contributed by atoms with van der Waals surface area (Å²) in [6, 6.07) is 11.3. The first-order valence-corrected chi connectivity index (χ1v) is 8.65. The molecule has 0 spiro atoms. The quantitative estimate of drug-likeness (QED) is 0.581. The van der Waals surface area contributed by atoms with E-state index in [1.165, 1.54) is 0 Å². The molecule has 0 atom stereocenters. The fourth-order valence-corrected chi connectivity index (χ4v) is 3.35. The molecular formula is C17H23N3OS. The SMILES string of the molecule is CCN(CC)CCSc1nc(C)cc(=O)n1-c1ccccc1. The Morgan fingerprint density at radius 1 is 1.18 bits per heavy atom. The number of nitrogens with zero attached hydrogens (tertiary/aromatic N) is 3. The molecule has 0 aliphatic carbocycles. The zero-order valence-electron chi connectivity index (χ0n) is 13.5. The van der Waals surface area contributed by atoms with Crippen LogP contribution in [0.3, 0.4) is 0 Å². The van der Waals surface area contributed by atoms with Crippen LogP contribution in [0.15, 0.2) is 46.3 Å². The van der Waals surface area contributed by atoms with Gasteiger partial charge in [-0.2, -0.15) is 0 Å². The van der Waals surface area contributed by atoms with E-state index in [1.807, 2.05) is 37.3 Å². The third kappa shape index (κ3) is 4.21. The fourth-order valence-electron chi connectivity index (χ4n) is 2.29. The molecule has 0 bridgehead atoms. The summed E-state index contributed by atoms with van der Waals surface area (Å²) in [4.78, 5) is 19.3. The predicted molar refractivity (Wildman–Crippen MR) is 93.1 cm³/mol. The smallest absolute Gasteiger partial charge is 0.258 e. The van der Waals surface area contributed by atoms with E-state index in [2.05, 4.69) is 23.7 Å². The number of hydrogen-bond acceptors (Lipinski definition) is 4. The van der Waals surface area contributed by atoms with Crippen LogP contribution in [-0.2, 0) is 0 Å². The van der Waals surface area contributed by atoms with E-state index in [0.717, 1.165) is 41.9 Å². The number of aryl methyl sites for hydroxylation is 1. The van der Waals surface area contributed by atoms with Gasteiger partial charge >= 0.3 is 0 Å². The van der Waals surface area contributed by atoms with Crippen LogP contribution >= 0.6 is 11.8 Å². The summed E-state index contributed by atoms with van der Waals surface area (Å²) in [6.45, 7) is 9.28. The molecule has 0 amide bonds. The lowest BCUT2D eigenvalue weighted by Gasteiger charge is -2.18. The van der Waals surface area contributed by atoms with Crippen molar-refractivity contribution in [3.05, 3.63) is 52.4 Å². The molecule has 0 N–H and O–H groups in total. The lowest BCUT2D eigenvalue weighted by Crippen LogP contribution is -2.26. The zero-order valence-corrected chi connectivity index (χ0v) is 14.3. The Morgan fingerprint density at radius 2 is 1.86 bits per heavy atom. The fraction of sp³-hybridized carbons (Fsp3) is 0.412. The molecule has 1 aromatic carbocycles. The van der Waals surface area contributed by atoms with E-state index in [0.29, 0.717) is 0 Å². The molecule has 1 aromatic heterocycles. The highest BCUT2D eigenvalue weighted by molar-refractivity contribution is 7.99. The van der Waals surface area contributed by atoms with Crippen LogP contribution in [0.4, 0.5) is 0 Å². The monoisotopic (exact) mass is 317 g/mol. The minimum atomic E-state index is -0.0240. The summed E-state index contributed by atoms with van der Waals surface area (Å²) in [5, 5.41) is 0.767. The van der Waals surface area contributed by atoms with Crippen molar-refractivity contribution in [3.63, 3.8) is 0 Å². The molecule has 2 aromatic rings. The topological polar surface area (TPSA) is 38.1 Å². The maximum atomic E-state index is 12.4. The van der Waals surface area contributed by atoms with Gasteiger partial charge in [-0.05, 0) is 32.1 Å². The average Bonchev–Trinajstić information content (AvgIpc) is 2.52. The van der Waals surface area contributed by atoms with Gasteiger partial charge < -0.3 is 4.90 Å². The van der Waals surface area contributed by atoms with Crippen LogP contribution in [0.1, 0.15) is 19.5 Å². The van der Waals surface area contributed by atoms with Crippen molar-refractivity contribution in [2.75, 3.05) is 25.4 Å². The van der Waals surface area contributed by atoms with Crippen LogP contribution in [-0.4, -0.2) is 39.8 Å². The van der Waals surface area contributed by atoms with Crippen molar-refractivity contribution in [3.8, 4) is 5.69 Å². The van der Waals surface area contributed by atoms with Crippen LogP contribution in [0.5, 0.6) is 0 Å². The summed E-state index contributed by atoms with van der Waals surface area (Å²) < 4.78 is 1.69. The molecule has 0 fully saturated rings. The first-order valence-electron chi connectivity index (χ1n) is 7.67. The van der Waals surface area contributed by atoms with Crippen LogP contribution < -0.4 is 5.56 Å². The molecular weight excluding hydrogens is 294 g/mol. The number of aromatic nitrogens is 2. The van der Waals surface area contributed by atoms with E-state index in [9.17, 15) is 4.79 Å².